The van der Waals surface area contributed by atoms with Crippen molar-refractivity contribution in [3.8, 4) is 0 Å². The molecule has 0 spiro atoms. The molecule has 0 bridgehead atoms. The fourth-order valence-electron chi connectivity index (χ4n) is 3.56. The molecule has 0 aliphatic carbocycles. The van der Waals surface area contributed by atoms with Crippen molar-refractivity contribution < 1.29 is 4.79 Å². The molecular weight excluding hydrogens is 328 g/mol. The van der Waals surface area contributed by atoms with E-state index in [2.05, 4.69) is 20.7 Å². The van der Waals surface area contributed by atoms with Gasteiger partial charge in [-0.1, -0.05) is 6.07 Å². The maximum atomic E-state index is 12.3. The molecule has 3 aromatic rings. The number of carbonyl (C=O) groups is 1. The summed E-state index contributed by atoms with van der Waals surface area (Å²) in [7, 11) is 0. The largest absolute Gasteiger partial charge is 0.354 e. The summed E-state index contributed by atoms with van der Waals surface area (Å²) in [6.07, 6.45) is 8.79. The average Bonchev–Trinajstić information content (AvgIpc) is 3.28. The number of hydrogen-bond acceptors (Lipinski definition) is 4. The zero-order valence-electron chi connectivity index (χ0n) is 14.8. The molecule has 1 saturated heterocycles. The molecule has 0 aromatic carbocycles. The summed E-state index contributed by atoms with van der Waals surface area (Å²) >= 11 is 0. The second kappa shape index (κ2) is 7.70. The summed E-state index contributed by atoms with van der Waals surface area (Å²) in [5, 5.41) is 10.7. The van der Waals surface area contributed by atoms with E-state index in [9.17, 15) is 4.79 Å². The highest BCUT2D eigenvalue weighted by molar-refractivity contribution is 5.75. The van der Waals surface area contributed by atoms with Crippen molar-refractivity contribution in [2.24, 2.45) is 0 Å². The Hall–Kier alpha value is -2.67. The summed E-state index contributed by atoms with van der Waals surface area (Å²) in [6.45, 7) is 2.88. The number of rotatable bonds is 6. The zero-order chi connectivity index (χ0) is 17.8. The molecule has 4 rings (SSSR count). The first kappa shape index (κ1) is 16.8. The Morgan fingerprint density at radius 3 is 3.15 bits per heavy atom. The van der Waals surface area contributed by atoms with E-state index in [0.29, 0.717) is 18.9 Å². The standard InChI is InChI=1S/C19H24N6O/c26-19(14-25-17(7-10-22-25)15-4-3-8-20-12-15)21-9-6-16-13-24-11-2-1-5-18(24)23-16/h1-2,5,7,10-11,13,15,20H,3-4,6,8-9,12,14H2,(H,21,26). The number of piperidine rings is 1. The van der Waals surface area contributed by atoms with Crippen LogP contribution in [0.2, 0.25) is 0 Å². The van der Waals surface area contributed by atoms with Crippen LogP contribution in [0.4, 0.5) is 0 Å². The van der Waals surface area contributed by atoms with Crippen LogP contribution >= 0.6 is 0 Å². The van der Waals surface area contributed by atoms with E-state index in [4.69, 9.17) is 0 Å². The van der Waals surface area contributed by atoms with Crippen LogP contribution in [0.25, 0.3) is 5.65 Å². The van der Waals surface area contributed by atoms with Gasteiger partial charge < -0.3 is 15.0 Å². The second-order valence-corrected chi connectivity index (χ2v) is 6.76. The SMILES string of the molecule is O=C(Cn1nccc1C1CCCNC1)NCCc1cn2ccccc2n1. The summed E-state index contributed by atoms with van der Waals surface area (Å²) in [6, 6.07) is 7.95. The predicted octanol–water partition coefficient (Wildman–Crippen LogP) is 1.36. The topological polar surface area (TPSA) is 76.2 Å². The van der Waals surface area contributed by atoms with Crippen molar-refractivity contribution in [1.29, 1.82) is 0 Å². The van der Waals surface area contributed by atoms with E-state index >= 15 is 0 Å². The Balaban J connectivity index is 1.29. The van der Waals surface area contributed by atoms with Crippen molar-refractivity contribution in [3.05, 3.63) is 54.2 Å². The van der Waals surface area contributed by atoms with Gasteiger partial charge >= 0.3 is 0 Å². The van der Waals surface area contributed by atoms with E-state index in [1.54, 1.807) is 6.20 Å². The van der Waals surface area contributed by atoms with Gasteiger partial charge in [0.2, 0.25) is 5.91 Å². The number of carbonyl (C=O) groups excluding carboxylic acids is 1. The van der Waals surface area contributed by atoms with Gasteiger partial charge in [0.1, 0.15) is 12.2 Å². The van der Waals surface area contributed by atoms with Crippen molar-refractivity contribution in [2.75, 3.05) is 19.6 Å². The molecule has 4 heterocycles. The first-order valence-electron chi connectivity index (χ1n) is 9.21. The monoisotopic (exact) mass is 352 g/mol. The quantitative estimate of drug-likeness (QED) is 0.702. The lowest BCUT2D eigenvalue weighted by atomic mass is 9.96. The fourth-order valence-corrected chi connectivity index (χ4v) is 3.56. The van der Waals surface area contributed by atoms with E-state index in [0.717, 1.165) is 36.5 Å². The van der Waals surface area contributed by atoms with Gasteiger partial charge in [0.25, 0.3) is 0 Å². The molecule has 1 atom stereocenters. The van der Waals surface area contributed by atoms with Crippen molar-refractivity contribution >= 4 is 11.6 Å². The van der Waals surface area contributed by atoms with Gasteiger partial charge in [-0.15, -0.1) is 0 Å². The van der Waals surface area contributed by atoms with Crippen LogP contribution in [0, 0.1) is 0 Å². The molecule has 7 heteroatoms. The van der Waals surface area contributed by atoms with Crippen molar-refractivity contribution in [2.45, 2.75) is 31.7 Å². The molecule has 1 amide bonds. The number of hydrogen-bond donors (Lipinski definition) is 2. The first-order chi connectivity index (χ1) is 12.8. The Morgan fingerprint density at radius 2 is 2.31 bits per heavy atom. The van der Waals surface area contributed by atoms with Gasteiger partial charge in [-0.2, -0.15) is 5.10 Å². The Labute approximate surface area is 152 Å². The van der Waals surface area contributed by atoms with Crippen LogP contribution in [0.5, 0.6) is 0 Å². The highest BCUT2D eigenvalue weighted by Gasteiger charge is 2.19. The van der Waals surface area contributed by atoms with Gasteiger partial charge in [-0.3, -0.25) is 9.48 Å². The average molecular weight is 352 g/mol. The number of fused-ring (bicyclic) bond motifs is 1. The minimum absolute atomic E-state index is 0.0116. The minimum atomic E-state index is -0.0116. The maximum absolute atomic E-state index is 12.3. The van der Waals surface area contributed by atoms with Gasteiger partial charge in [0.05, 0.1) is 5.69 Å². The molecule has 3 aromatic heterocycles. The molecule has 1 aliphatic rings. The Morgan fingerprint density at radius 1 is 1.35 bits per heavy atom. The van der Waals surface area contributed by atoms with E-state index < -0.39 is 0 Å². The summed E-state index contributed by atoms with van der Waals surface area (Å²) < 4.78 is 3.82. The third-order valence-electron chi connectivity index (χ3n) is 4.88. The lowest BCUT2D eigenvalue weighted by molar-refractivity contribution is -0.121. The van der Waals surface area contributed by atoms with E-state index in [1.807, 2.05) is 45.7 Å². The number of nitrogens with zero attached hydrogens (tertiary/aromatic N) is 4. The molecule has 7 nitrogen and oxygen atoms in total. The number of aromatic nitrogens is 4. The number of pyridine rings is 1. The summed E-state index contributed by atoms with van der Waals surface area (Å²) in [5.74, 6) is 0.430. The first-order valence-corrected chi connectivity index (χ1v) is 9.21. The predicted molar refractivity (Wildman–Crippen MR) is 99.0 cm³/mol. The lowest BCUT2D eigenvalue weighted by Gasteiger charge is -2.23. The van der Waals surface area contributed by atoms with Crippen LogP contribution in [-0.2, 0) is 17.8 Å². The molecule has 26 heavy (non-hydrogen) atoms. The normalized spacial score (nSPS) is 17.5. The molecular formula is C19H24N6O. The number of nitrogens with one attached hydrogen (secondary N) is 2. The van der Waals surface area contributed by atoms with Crippen LogP contribution in [0.1, 0.15) is 30.1 Å². The zero-order valence-corrected chi connectivity index (χ0v) is 14.8. The van der Waals surface area contributed by atoms with E-state index in [-0.39, 0.29) is 12.5 Å². The van der Waals surface area contributed by atoms with Crippen molar-refractivity contribution in [3.63, 3.8) is 0 Å². The number of amides is 1. The highest BCUT2D eigenvalue weighted by Crippen LogP contribution is 2.22. The second-order valence-electron chi connectivity index (χ2n) is 6.76. The van der Waals surface area contributed by atoms with Crippen LogP contribution < -0.4 is 10.6 Å². The Kier molecular flexibility index (Phi) is 4.97. The molecule has 0 saturated carbocycles. The maximum Gasteiger partial charge on any atom is 0.241 e. The fraction of sp³-hybridized carbons (Fsp3) is 0.421. The van der Waals surface area contributed by atoms with Gasteiger partial charge in [-0.05, 0) is 37.6 Å². The highest BCUT2D eigenvalue weighted by atomic mass is 16.2. The molecule has 2 N–H and O–H groups in total. The molecule has 1 unspecified atom stereocenters. The van der Waals surface area contributed by atoms with Gasteiger partial charge in [-0.25, -0.2) is 4.98 Å². The van der Waals surface area contributed by atoms with Crippen LogP contribution in [-0.4, -0.2) is 44.7 Å². The number of imidazole rings is 1. The van der Waals surface area contributed by atoms with Crippen molar-refractivity contribution in [1.82, 2.24) is 29.8 Å². The third-order valence-corrected chi connectivity index (χ3v) is 4.88. The summed E-state index contributed by atoms with van der Waals surface area (Å²) in [4.78, 5) is 16.8. The Bertz CT molecular complexity index is 844. The van der Waals surface area contributed by atoms with Crippen LogP contribution in [0.3, 0.4) is 0 Å². The van der Waals surface area contributed by atoms with Crippen LogP contribution in [0.15, 0.2) is 42.9 Å². The van der Waals surface area contributed by atoms with Gasteiger partial charge in [0, 0.05) is 49.7 Å². The molecule has 1 fully saturated rings. The minimum Gasteiger partial charge on any atom is -0.354 e. The van der Waals surface area contributed by atoms with E-state index in [1.165, 1.54) is 6.42 Å². The van der Waals surface area contributed by atoms with Gasteiger partial charge in [0.15, 0.2) is 0 Å². The summed E-state index contributed by atoms with van der Waals surface area (Å²) in [5.41, 5.74) is 3.05. The third kappa shape index (κ3) is 3.77. The molecule has 0 radical (unpaired) electrons. The lowest BCUT2D eigenvalue weighted by Crippen LogP contribution is -2.33. The molecule has 1 aliphatic heterocycles. The smallest absolute Gasteiger partial charge is 0.241 e. The molecule has 136 valence electrons.